The van der Waals surface area contributed by atoms with Gasteiger partial charge >= 0.3 is 0 Å². The van der Waals surface area contributed by atoms with E-state index in [1.54, 1.807) is 44.6 Å². The molecule has 27 heavy (non-hydrogen) atoms. The van der Waals surface area contributed by atoms with E-state index in [-0.39, 0.29) is 5.75 Å². The lowest BCUT2D eigenvalue weighted by Crippen LogP contribution is -1.91. The second-order valence-electron chi connectivity index (χ2n) is 5.88. The zero-order valence-corrected chi connectivity index (χ0v) is 14.8. The summed E-state index contributed by atoms with van der Waals surface area (Å²) in [6.45, 7) is 0. The first-order valence-corrected chi connectivity index (χ1v) is 8.32. The number of ether oxygens (including phenoxy) is 3. The van der Waals surface area contributed by atoms with E-state index in [9.17, 15) is 4.39 Å². The van der Waals surface area contributed by atoms with Gasteiger partial charge < -0.3 is 14.2 Å². The van der Waals surface area contributed by atoms with Crippen molar-refractivity contribution in [1.29, 1.82) is 0 Å². The average molecular weight is 364 g/mol. The molecule has 0 radical (unpaired) electrons. The van der Waals surface area contributed by atoms with E-state index < -0.39 is 5.82 Å². The maximum atomic E-state index is 13.8. The lowest BCUT2D eigenvalue weighted by atomic mass is 10.1. The Morgan fingerprint density at radius 1 is 0.852 bits per heavy atom. The molecule has 0 atom stereocenters. The Morgan fingerprint density at radius 3 is 2.44 bits per heavy atom. The van der Waals surface area contributed by atoms with E-state index in [2.05, 4.69) is 10.2 Å². The van der Waals surface area contributed by atoms with Crippen LogP contribution in [0.2, 0.25) is 0 Å². The lowest BCUT2D eigenvalue weighted by Gasteiger charge is -2.09. The Hall–Kier alpha value is -3.54. The Kier molecular flexibility index (Phi) is 4.38. The Bertz CT molecular complexity index is 1110. The Morgan fingerprint density at radius 2 is 1.67 bits per heavy atom. The van der Waals surface area contributed by atoms with E-state index in [1.807, 2.05) is 24.3 Å². The quantitative estimate of drug-likeness (QED) is 0.530. The standard InChI is InChI=1S/C21H17FN2O3/c1-25-19-10-7-13(11-20(19)26-2)21-15-9-8-14(12-17(15)23-24-21)27-18-6-4-3-5-16(18)22/h3-12H,1-2H3,(H,23,24). The molecule has 5 nitrogen and oxygen atoms in total. The first-order chi connectivity index (χ1) is 13.2. The van der Waals surface area contributed by atoms with E-state index >= 15 is 0 Å². The molecule has 0 saturated heterocycles. The number of H-pyrrole nitrogens is 1. The molecule has 1 aromatic heterocycles. The van der Waals surface area contributed by atoms with Crippen molar-refractivity contribution in [3.63, 3.8) is 0 Å². The minimum atomic E-state index is -0.409. The smallest absolute Gasteiger partial charge is 0.165 e. The summed E-state index contributed by atoms with van der Waals surface area (Å²) in [5, 5.41) is 8.33. The van der Waals surface area contributed by atoms with Crippen LogP contribution in [0.25, 0.3) is 22.2 Å². The molecule has 0 amide bonds. The molecule has 4 rings (SSSR count). The summed E-state index contributed by atoms with van der Waals surface area (Å²) >= 11 is 0. The van der Waals surface area contributed by atoms with Crippen LogP contribution in [0.15, 0.2) is 60.7 Å². The molecule has 1 heterocycles. The summed E-state index contributed by atoms with van der Waals surface area (Å²) in [6, 6.07) is 17.4. The van der Waals surface area contributed by atoms with Crippen LogP contribution in [0.5, 0.6) is 23.0 Å². The number of nitrogens with zero attached hydrogens (tertiary/aromatic N) is 1. The van der Waals surface area contributed by atoms with Gasteiger partial charge in [-0.05, 0) is 42.5 Å². The first-order valence-electron chi connectivity index (χ1n) is 8.32. The summed E-state index contributed by atoms with van der Waals surface area (Å²) < 4.78 is 30.1. The molecule has 0 unspecified atom stereocenters. The highest BCUT2D eigenvalue weighted by molar-refractivity contribution is 5.94. The Balaban J connectivity index is 1.70. The van der Waals surface area contributed by atoms with Gasteiger partial charge in [-0.1, -0.05) is 12.1 Å². The fraction of sp³-hybridized carbons (Fsp3) is 0.0952. The molecule has 1 N–H and O–H groups in total. The van der Waals surface area contributed by atoms with Gasteiger partial charge in [-0.2, -0.15) is 5.10 Å². The zero-order valence-electron chi connectivity index (χ0n) is 14.8. The predicted octanol–water partition coefficient (Wildman–Crippen LogP) is 5.18. The van der Waals surface area contributed by atoms with Crippen LogP contribution in [-0.4, -0.2) is 24.4 Å². The van der Waals surface area contributed by atoms with Crippen LogP contribution in [0, 0.1) is 5.82 Å². The normalized spacial score (nSPS) is 10.8. The molecule has 0 aliphatic heterocycles. The van der Waals surface area contributed by atoms with Crippen LogP contribution in [0.3, 0.4) is 0 Å². The Labute approximate surface area is 155 Å². The van der Waals surface area contributed by atoms with Gasteiger partial charge in [0.1, 0.15) is 11.4 Å². The van der Waals surface area contributed by atoms with Gasteiger partial charge in [0.05, 0.1) is 19.7 Å². The fourth-order valence-electron chi connectivity index (χ4n) is 2.92. The van der Waals surface area contributed by atoms with Gasteiger partial charge in [-0.15, -0.1) is 0 Å². The molecule has 0 aliphatic rings. The van der Waals surface area contributed by atoms with Crippen molar-refractivity contribution < 1.29 is 18.6 Å². The largest absolute Gasteiger partial charge is 0.493 e. The van der Waals surface area contributed by atoms with Crippen molar-refractivity contribution in [2.75, 3.05) is 14.2 Å². The van der Waals surface area contributed by atoms with Gasteiger partial charge in [-0.25, -0.2) is 4.39 Å². The molecular weight excluding hydrogens is 347 g/mol. The summed E-state index contributed by atoms with van der Waals surface area (Å²) in [4.78, 5) is 0. The predicted molar refractivity (Wildman–Crippen MR) is 101 cm³/mol. The molecule has 0 aliphatic carbocycles. The SMILES string of the molecule is COc1ccc(-c2n[nH]c3cc(Oc4ccccc4F)ccc23)cc1OC. The van der Waals surface area contributed by atoms with Gasteiger partial charge in [0.25, 0.3) is 0 Å². The molecule has 0 saturated carbocycles. The third-order valence-corrected chi connectivity index (χ3v) is 4.26. The van der Waals surface area contributed by atoms with Gasteiger partial charge in [0.2, 0.25) is 0 Å². The summed E-state index contributed by atoms with van der Waals surface area (Å²) in [5.74, 6) is 1.58. The molecule has 6 heteroatoms. The van der Waals surface area contributed by atoms with E-state index in [0.717, 1.165) is 22.2 Å². The number of halogens is 1. The monoisotopic (exact) mass is 364 g/mol. The molecule has 4 aromatic rings. The summed E-state index contributed by atoms with van der Waals surface area (Å²) in [7, 11) is 3.19. The number of benzene rings is 3. The average Bonchev–Trinajstić information content (AvgIpc) is 3.12. The number of para-hydroxylation sites is 1. The number of rotatable bonds is 5. The number of aromatic nitrogens is 2. The molecule has 0 spiro atoms. The van der Waals surface area contributed by atoms with Gasteiger partial charge in [-0.3, -0.25) is 5.10 Å². The third kappa shape index (κ3) is 3.17. The van der Waals surface area contributed by atoms with Crippen LogP contribution in [0.4, 0.5) is 4.39 Å². The highest BCUT2D eigenvalue weighted by atomic mass is 19.1. The first kappa shape index (κ1) is 16.9. The van der Waals surface area contributed by atoms with Crippen molar-refractivity contribution in [3.05, 3.63) is 66.5 Å². The second-order valence-corrected chi connectivity index (χ2v) is 5.88. The molecule has 0 fully saturated rings. The number of hydrogen-bond acceptors (Lipinski definition) is 4. The van der Waals surface area contributed by atoms with Gasteiger partial charge in [0.15, 0.2) is 23.1 Å². The number of nitrogens with one attached hydrogen (secondary N) is 1. The number of hydrogen-bond donors (Lipinski definition) is 1. The summed E-state index contributed by atoms with van der Waals surface area (Å²) in [5.41, 5.74) is 2.46. The van der Waals surface area contributed by atoms with Crippen molar-refractivity contribution in [3.8, 4) is 34.3 Å². The van der Waals surface area contributed by atoms with E-state index in [4.69, 9.17) is 14.2 Å². The zero-order chi connectivity index (χ0) is 18.8. The van der Waals surface area contributed by atoms with Crippen LogP contribution in [-0.2, 0) is 0 Å². The fourth-order valence-corrected chi connectivity index (χ4v) is 2.92. The lowest BCUT2D eigenvalue weighted by molar-refractivity contribution is 0.355. The maximum Gasteiger partial charge on any atom is 0.165 e. The maximum absolute atomic E-state index is 13.8. The number of fused-ring (bicyclic) bond motifs is 1. The molecule has 3 aromatic carbocycles. The van der Waals surface area contributed by atoms with Crippen molar-refractivity contribution in [2.45, 2.75) is 0 Å². The highest BCUT2D eigenvalue weighted by Crippen LogP contribution is 2.35. The van der Waals surface area contributed by atoms with Crippen molar-refractivity contribution in [2.24, 2.45) is 0 Å². The van der Waals surface area contributed by atoms with Gasteiger partial charge in [0, 0.05) is 17.0 Å². The van der Waals surface area contributed by atoms with Crippen LogP contribution >= 0.6 is 0 Å². The summed E-state index contributed by atoms with van der Waals surface area (Å²) in [6.07, 6.45) is 0. The highest BCUT2D eigenvalue weighted by Gasteiger charge is 2.13. The minimum Gasteiger partial charge on any atom is -0.493 e. The number of methoxy groups -OCH3 is 2. The van der Waals surface area contributed by atoms with E-state index in [1.165, 1.54) is 6.07 Å². The van der Waals surface area contributed by atoms with Crippen LogP contribution in [0.1, 0.15) is 0 Å². The number of aromatic amines is 1. The third-order valence-electron chi connectivity index (χ3n) is 4.26. The van der Waals surface area contributed by atoms with Crippen molar-refractivity contribution in [1.82, 2.24) is 10.2 Å². The minimum absolute atomic E-state index is 0.177. The van der Waals surface area contributed by atoms with E-state index in [0.29, 0.717) is 17.2 Å². The molecule has 136 valence electrons. The molecule has 0 bridgehead atoms. The topological polar surface area (TPSA) is 56.4 Å². The second kappa shape index (κ2) is 6.99. The van der Waals surface area contributed by atoms with Crippen molar-refractivity contribution >= 4 is 10.9 Å². The molecular formula is C21H17FN2O3. The van der Waals surface area contributed by atoms with Crippen LogP contribution < -0.4 is 14.2 Å².